The molecule has 0 aliphatic heterocycles. The number of rotatable bonds is 8. The molecular weight excluding hydrogens is 316 g/mol. The van der Waals surface area contributed by atoms with E-state index in [2.05, 4.69) is 74.3 Å². The summed E-state index contributed by atoms with van der Waals surface area (Å²) in [6.45, 7) is 11.6. The maximum absolute atomic E-state index is 6.61. The molecule has 130 valence electrons. The van der Waals surface area contributed by atoms with Gasteiger partial charge in [-0.15, -0.1) is 0 Å². The van der Waals surface area contributed by atoms with Crippen molar-refractivity contribution in [2.24, 2.45) is 5.92 Å². The highest BCUT2D eigenvalue weighted by Crippen LogP contribution is 2.32. The molecule has 0 aliphatic carbocycles. The Bertz CT molecular complexity index is 623. The molecule has 0 aliphatic rings. The van der Waals surface area contributed by atoms with Gasteiger partial charge in [0.2, 0.25) is 0 Å². The lowest BCUT2D eigenvalue weighted by Gasteiger charge is -2.32. The van der Waals surface area contributed by atoms with Crippen LogP contribution in [0.2, 0.25) is 5.02 Å². The third-order valence-corrected chi connectivity index (χ3v) is 4.35. The van der Waals surface area contributed by atoms with E-state index in [4.69, 9.17) is 11.6 Å². The van der Waals surface area contributed by atoms with Gasteiger partial charge >= 0.3 is 0 Å². The van der Waals surface area contributed by atoms with Crippen LogP contribution >= 0.6 is 11.6 Å². The minimum atomic E-state index is 0.369. The molecule has 2 aromatic carbocycles. The van der Waals surface area contributed by atoms with Crippen LogP contribution in [0.3, 0.4) is 0 Å². The monoisotopic (exact) mass is 344 g/mol. The van der Waals surface area contributed by atoms with Gasteiger partial charge in [0.1, 0.15) is 0 Å². The van der Waals surface area contributed by atoms with E-state index in [0.29, 0.717) is 12.0 Å². The zero-order valence-corrected chi connectivity index (χ0v) is 16.0. The lowest BCUT2D eigenvalue weighted by atomic mass is 10.1. The fourth-order valence-corrected chi connectivity index (χ4v) is 3.12. The van der Waals surface area contributed by atoms with Crippen molar-refractivity contribution >= 4 is 17.3 Å². The molecule has 0 amide bonds. The SMILES string of the molecule is CC(C)CNCc1cccc(Cl)c1N(Cc1ccccc1)C(C)C. The zero-order chi connectivity index (χ0) is 17.5. The molecule has 2 aromatic rings. The summed E-state index contributed by atoms with van der Waals surface area (Å²) in [5, 5.41) is 4.36. The summed E-state index contributed by atoms with van der Waals surface area (Å²) >= 11 is 6.61. The molecule has 1 N–H and O–H groups in total. The summed E-state index contributed by atoms with van der Waals surface area (Å²) in [5.41, 5.74) is 3.70. The Kier molecular flexibility index (Phi) is 7.14. The summed E-state index contributed by atoms with van der Waals surface area (Å²) in [5.74, 6) is 0.637. The number of hydrogen-bond acceptors (Lipinski definition) is 2. The van der Waals surface area contributed by atoms with Gasteiger partial charge in [-0.3, -0.25) is 0 Å². The Morgan fingerprint density at radius 1 is 0.958 bits per heavy atom. The highest BCUT2D eigenvalue weighted by Gasteiger charge is 2.18. The van der Waals surface area contributed by atoms with Crippen LogP contribution in [0.25, 0.3) is 0 Å². The minimum absolute atomic E-state index is 0.369. The van der Waals surface area contributed by atoms with E-state index in [1.54, 1.807) is 0 Å². The van der Waals surface area contributed by atoms with Crippen molar-refractivity contribution in [2.75, 3.05) is 11.4 Å². The number of para-hydroxylation sites is 1. The van der Waals surface area contributed by atoms with Crippen LogP contribution in [-0.4, -0.2) is 12.6 Å². The van der Waals surface area contributed by atoms with E-state index >= 15 is 0 Å². The van der Waals surface area contributed by atoms with E-state index in [0.717, 1.165) is 30.3 Å². The average molecular weight is 345 g/mol. The van der Waals surface area contributed by atoms with Crippen molar-refractivity contribution in [1.29, 1.82) is 0 Å². The van der Waals surface area contributed by atoms with Gasteiger partial charge in [0.25, 0.3) is 0 Å². The van der Waals surface area contributed by atoms with Crippen LogP contribution in [0.5, 0.6) is 0 Å². The molecule has 0 radical (unpaired) electrons. The molecule has 3 heteroatoms. The molecule has 0 aromatic heterocycles. The lowest BCUT2D eigenvalue weighted by molar-refractivity contribution is 0.551. The molecule has 2 rings (SSSR count). The minimum Gasteiger partial charge on any atom is -0.363 e. The van der Waals surface area contributed by atoms with Gasteiger partial charge in [0.05, 0.1) is 10.7 Å². The third-order valence-electron chi connectivity index (χ3n) is 4.04. The predicted molar refractivity (Wildman–Crippen MR) is 106 cm³/mol. The molecule has 0 saturated heterocycles. The van der Waals surface area contributed by atoms with Crippen LogP contribution in [0.15, 0.2) is 48.5 Å². The number of anilines is 1. The molecule has 0 unspecified atom stereocenters. The highest BCUT2D eigenvalue weighted by atomic mass is 35.5. The quantitative estimate of drug-likeness (QED) is 0.680. The molecule has 0 spiro atoms. The summed E-state index contributed by atoms with van der Waals surface area (Å²) in [6.07, 6.45) is 0. The van der Waals surface area contributed by atoms with Crippen molar-refractivity contribution in [3.05, 3.63) is 64.7 Å². The van der Waals surface area contributed by atoms with E-state index in [9.17, 15) is 0 Å². The fraction of sp³-hybridized carbons (Fsp3) is 0.429. The zero-order valence-electron chi connectivity index (χ0n) is 15.2. The van der Waals surface area contributed by atoms with Crippen LogP contribution in [0, 0.1) is 5.92 Å². The van der Waals surface area contributed by atoms with Crippen molar-refractivity contribution in [3.63, 3.8) is 0 Å². The summed E-state index contributed by atoms with van der Waals surface area (Å²) in [6, 6.07) is 17.1. The number of hydrogen-bond donors (Lipinski definition) is 1. The van der Waals surface area contributed by atoms with Crippen molar-refractivity contribution in [3.8, 4) is 0 Å². The first kappa shape index (κ1) is 18.8. The van der Waals surface area contributed by atoms with Gasteiger partial charge < -0.3 is 10.2 Å². The van der Waals surface area contributed by atoms with Gasteiger partial charge in [-0.2, -0.15) is 0 Å². The Morgan fingerprint density at radius 2 is 1.67 bits per heavy atom. The van der Waals surface area contributed by atoms with Crippen LogP contribution in [0.4, 0.5) is 5.69 Å². The number of nitrogens with zero attached hydrogens (tertiary/aromatic N) is 1. The number of nitrogens with one attached hydrogen (secondary N) is 1. The number of benzene rings is 2. The van der Waals surface area contributed by atoms with Gasteiger partial charge in [0.15, 0.2) is 0 Å². The number of halogens is 1. The molecule has 2 nitrogen and oxygen atoms in total. The van der Waals surface area contributed by atoms with E-state index < -0.39 is 0 Å². The summed E-state index contributed by atoms with van der Waals surface area (Å²) in [4.78, 5) is 2.39. The summed E-state index contributed by atoms with van der Waals surface area (Å²) < 4.78 is 0. The van der Waals surface area contributed by atoms with Gasteiger partial charge in [-0.05, 0) is 43.5 Å². The Hall–Kier alpha value is -1.51. The van der Waals surface area contributed by atoms with Gasteiger partial charge in [-0.25, -0.2) is 0 Å². The Balaban J connectivity index is 2.28. The van der Waals surface area contributed by atoms with E-state index in [1.165, 1.54) is 11.1 Å². The second-order valence-corrected chi connectivity index (χ2v) is 7.39. The van der Waals surface area contributed by atoms with E-state index in [1.807, 2.05) is 12.1 Å². The molecule has 0 fully saturated rings. The topological polar surface area (TPSA) is 15.3 Å². The molecular formula is C21H29ClN2. The maximum Gasteiger partial charge on any atom is 0.0643 e. The van der Waals surface area contributed by atoms with Crippen molar-refractivity contribution in [1.82, 2.24) is 5.32 Å². The average Bonchev–Trinajstić information content (AvgIpc) is 2.54. The van der Waals surface area contributed by atoms with Gasteiger partial charge in [0, 0.05) is 19.1 Å². The normalized spacial score (nSPS) is 11.3. The van der Waals surface area contributed by atoms with Crippen molar-refractivity contribution in [2.45, 2.75) is 46.8 Å². The lowest BCUT2D eigenvalue weighted by Crippen LogP contribution is -2.32. The molecule has 0 saturated carbocycles. The predicted octanol–water partition coefficient (Wildman–Crippen LogP) is 5.50. The molecule has 0 atom stereocenters. The fourth-order valence-electron chi connectivity index (χ4n) is 2.82. The van der Waals surface area contributed by atoms with Crippen molar-refractivity contribution < 1.29 is 0 Å². The standard InChI is InChI=1S/C21H29ClN2/c1-16(2)13-23-14-19-11-8-12-20(22)21(19)24(17(3)4)15-18-9-6-5-7-10-18/h5-12,16-17,23H,13-15H2,1-4H3. The second-order valence-electron chi connectivity index (χ2n) is 6.98. The Morgan fingerprint density at radius 3 is 2.29 bits per heavy atom. The molecule has 0 heterocycles. The van der Waals surface area contributed by atoms with Crippen LogP contribution in [0.1, 0.15) is 38.8 Å². The maximum atomic E-state index is 6.61. The first-order valence-electron chi connectivity index (χ1n) is 8.77. The van der Waals surface area contributed by atoms with Crippen LogP contribution in [-0.2, 0) is 13.1 Å². The summed E-state index contributed by atoms with van der Waals surface area (Å²) in [7, 11) is 0. The first-order chi connectivity index (χ1) is 11.5. The van der Waals surface area contributed by atoms with Gasteiger partial charge in [-0.1, -0.05) is 67.9 Å². The first-order valence-corrected chi connectivity index (χ1v) is 9.15. The smallest absolute Gasteiger partial charge is 0.0643 e. The second kappa shape index (κ2) is 9.10. The molecule has 0 bridgehead atoms. The largest absolute Gasteiger partial charge is 0.363 e. The van der Waals surface area contributed by atoms with E-state index in [-0.39, 0.29) is 0 Å². The van der Waals surface area contributed by atoms with Crippen LogP contribution < -0.4 is 10.2 Å². The third kappa shape index (κ3) is 5.25. The highest BCUT2D eigenvalue weighted by molar-refractivity contribution is 6.33. The Labute approximate surface area is 151 Å². The molecule has 24 heavy (non-hydrogen) atoms.